The number of rotatable bonds is 7. The fraction of sp³-hybridized carbons (Fsp3) is 0.667. The number of benzene rings is 1. The Kier molecular flexibility index (Phi) is 7.04. The zero-order valence-corrected chi connectivity index (χ0v) is 13.6. The van der Waals surface area contributed by atoms with Crippen LogP contribution in [0.15, 0.2) is 24.3 Å². The van der Waals surface area contributed by atoms with E-state index in [9.17, 15) is 0 Å². The van der Waals surface area contributed by atoms with E-state index >= 15 is 0 Å². The average Bonchev–Trinajstić information content (AvgIpc) is 2.74. The lowest BCUT2D eigenvalue weighted by Crippen LogP contribution is -2.32. The Morgan fingerprint density at radius 1 is 1.19 bits per heavy atom. The van der Waals surface area contributed by atoms with Crippen LogP contribution in [-0.4, -0.2) is 44.2 Å². The maximum atomic E-state index is 5.19. The van der Waals surface area contributed by atoms with Crippen LogP contribution >= 0.6 is 0 Å². The van der Waals surface area contributed by atoms with Crippen molar-refractivity contribution < 1.29 is 4.74 Å². The smallest absolute Gasteiger partial charge is 0.118 e. The maximum absolute atomic E-state index is 5.19. The van der Waals surface area contributed by atoms with Gasteiger partial charge in [-0.05, 0) is 76.0 Å². The van der Waals surface area contributed by atoms with Gasteiger partial charge in [-0.15, -0.1) is 0 Å². The highest BCUT2D eigenvalue weighted by Gasteiger charge is 2.15. The van der Waals surface area contributed by atoms with E-state index in [4.69, 9.17) is 4.74 Å². The highest BCUT2D eigenvalue weighted by atomic mass is 16.5. The van der Waals surface area contributed by atoms with Crippen molar-refractivity contribution >= 4 is 0 Å². The number of hydrogen-bond acceptors (Lipinski definition) is 3. The van der Waals surface area contributed by atoms with Crippen molar-refractivity contribution in [3.63, 3.8) is 0 Å². The molecule has 0 aliphatic carbocycles. The van der Waals surface area contributed by atoms with Gasteiger partial charge < -0.3 is 15.0 Å². The summed E-state index contributed by atoms with van der Waals surface area (Å²) in [7, 11) is 1.71. The summed E-state index contributed by atoms with van der Waals surface area (Å²) in [5, 5.41) is 3.74. The molecule has 1 aromatic rings. The lowest BCUT2D eigenvalue weighted by molar-refractivity contribution is 0.283. The molecule has 21 heavy (non-hydrogen) atoms. The van der Waals surface area contributed by atoms with Gasteiger partial charge in [0, 0.05) is 6.04 Å². The van der Waals surface area contributed by atoms with Crippen LogP contribution in [0.25, 0.3) is 0 Å². The molecule has 0 aromatic heterocycles. The Labute approximate surface area is 129 Å². The molecule has 1 atom stereocenters. The van der Waals surface area contributed by atoms with Crippen molar-refractivity contribution in [3.8, 4) is 5.75 Å². The predicted octanol–water partition coefficient (Wildman–Crippen LogP) is 3.09. The Hall–Kier alpha value is -1.06. The molecule has 0 radical (unpaired) electrons. The first kappa shape index (κ1) is 16.3. The zero-order valence-electron chi connectivity index (χ0n) is 13.6. The summed E-state index contributed by atoms with van der Waals surface area (Å²) >= 11 is 0. The van der Waals surface area contributed by atoms with Crippen LogP contribution in [0.1, 0.15) is 38.2 Å². The minimum atomic E-state index is 0.699. The molecule has 1 unspecified atom stereocenters. The summed E-state index contributed by atoms with van der Waals surface area (Å²) in [4.78, 5) is 2.62. The van der Waals surface area contributed by atoms with Gasteiger partial charge in [0.2, 0.25) is 0 Å². The quantitative estimate of drug-likeness (QED) is 0.835. The molecule has 118 valence electrons. The summed E-state index contributed by atoms with van der Waals surface area (Å²) in [6.07, 6.45) is 6.32. The lowest BCUT2D eigenvalue weighted by Gasteiger charge is -2.19. The van der Waals surface area contributed by atoms with Crippen molar-refractivity contribution in [1.29, 1.82) is 0 Å². The molecule has 0 amide bonds. The number of hydrogen-bond donors (Lipinski definition) is 1. The number of methoxy groups -OCH3 is 1. The number of ether oxygens (including phenoxy) is 1. The Balaban J connectivity index is 1.68. The van der Waals surface area contributed by atoms with Gasteiger partial charge >= 0.3 is 0 Å². The van der Waals surface area contributed by atoms with Crippen LogP contribution in [0.5, 0.6) is 5.75 Å². The molecule has 1 fully saturated rings. The van der Waals surface area contributed by atoms with Crippen LogP contribution < -0.4 is 10.1 Å². The van der Waals surface area contributed by atoms with Gasteiger partial charge in [0.25, 0.3) is 0 Å². The lowest BCUT2D eigenvalue weighted by atomic mass is 10.1. The second-order valence-corrected chi connectivity index (χ2v) is 6.02. The van der Waals surface area contributed by atoms with Gasteiger partial charge in [-0.3, -0.25) is 0 Å². The van der Waals surface area contributed by atoms with Crippen molar-refractivity contribution in [1.82, 2.24) is 10.2 Å². The van der Waals surface area contributed by atoms with E-state index in [1.165, 1.54) is 50.9 Å². The van der Waals surface area contributed by atoms with Gasteiger partial charge in [0.15, 0.2) is 0 Å². The third kappa shape index (κ3) is 5.68. The van der Waals surface area contributed by atoms with E-state index in [1.54, 1.807) is 7.11 Å². The summed E-state index contributed by atoms with van der Waals surface area (Å²) in [5.41, 5.74) is 1.38. The third-order valence-electron chi connectivity index (χ3n) is 4.37. The molecule has 0 bridgehead atoms. The van der Waals surface area contributed by atoms with E-state index in [1.807, 2.05) is 12.1 Å². The van der Waals surface area contributed by atoms with E-state index in [-0.39, 0.29) is 0 Å². The van der Waals surface area contributed by atoms with E-state index in [0.717, 1.165) is 18.7 Å². The topological polar surface area (TPSA) is 24.5 Å². The number of likely N-dealkylation sites (tertiary alicyclic amines) is 1. The van der Waals surface area contributed by atoms with Gasteiger partial charge in [0.1, 0.15) is 5.75 Å². The molecule has 1 aliphatic heterocycles. The predicted molar refractivity (Wildman–Crippen MR) is 89.1 cm³/mol. The van der Waals surface area contributed by atoms with Crippen LogP contribution in [0.3, 0.4) is 0 Å². The maximum Gasteiger partial charge on any atom is 0.118 e. The van der Waals surface area contributed by atoms with Crippen LogP contribution in [0, 0.1) is 0 Å². The highest BCUT2D eigenvalue weighted by molar-refractivity contribution is 5.27. The Bertz CT molecular complexity index is 391. The molecule has 0 spiro atoms. The number of nitrogens with one attached hydrogen (secondary N) is 1. The van der Waals surface area contributed by atoms with Crippen molar-refractivity contribution in [2.45, 2.75) is 45.1 Å². The van der Waals surface area contributed by atoms with Gasteiger partial charge in [-0.25, -0.2) is 0 Å². The molecule has 3 nitrogen and oxygen atoms in total. The van der Waals surface area contributed by atoms with Gasteiger partial charge in [0.05, 0.1) is 7.11 Å². The molecule has 1 saturated heterocycles. The molecule has 1 N–H and O–H groups in total. The van der Waals surface area contributed by atoms with Crippen LogP contribution in [0.4, 0.5) is 0 Å². The second kappa shape index (κ2) is 9.06. The first-order chi connectivity index (χ1) is 10.3. The van der Waals surface area contributed by atoms with Crippen LogP contribution in [0.2, 0.25) is 0 Å². The van der Waals surface area contributed by atoms with Gasteiger partial charge in [-0.1, -0.05) is 19.1 Å². The monoisotopic (exact) mass is 290 g/mol. The Morgan fingerprint density at radius 3 is 2.71 bits per heavy atom. The first-order valence-corrected chi connectivity index (χ1v) is 8.40. The van der Waals surface area contributed by atoms with E-state index in [0.29, 0.717) is 6.04 Å². The molecule has 3 heteroatoms. The summed E-state index contributed by atoms with van der Waals surface area (Å²) in [6.45, 7) is 7.15. The zero-order chi connectivity index (χ0) is 14.9. The van der Waals surface area contributed by atoms with Crippen molar-refractivity contribution in [3.05, 3.63) is 29.8 Å². The molecular formula is C18H30N2O. The molecule has 2 rings (SSSR count). The van der Waals surface area contributed by atoms with E-state index in [2.05, 4.69) is 29.3 Å². The molecule has 1 aromatic carbocycles. The standard InChI is InChI=1S/C18H30N2O/c1-3-13-20-14-4-5-17(11-15-20)19-12-10-16-6-8-18(21-2)9-7-16/h6-9,17,19H,3-5,10-15H2,1-2H3. The third-order valence-corrected chi connectivity index (χ3v) is 4.37. The fourth-order valence-corrected chi connectivity index (χ4v) is 3.11. The minimum Gasteiger partial charge on any atom is -0.497 e. The summed E-state index contributed by atoms with van der Waals surface area (Å²) in [6, 6.07) is 9.12. The fourth-order valence-electron chi connectivity index (χ4n) is 3.11. The van der Waals surface area contributed by atoms with E-state index < -0.39 is 0 Å². The largest absolute Gasteiger partial charge is 0.497 e. The summed E-state index contributed by atoms with van der Waals surface area (Å²) < 4.78 is 5.19. The van der Waals surface area contributed by atoms with Gasteiger partial charge in [-0.2, -0.15) is 0 Å². The SMILES string of the molecule is CCCN1CCCC(NCCc2ccc(OC)cc2)CC1. The first-order valence-electron chi connectivity index (χ1n) is 8.40. The number of nitrogens with zero attached hydrogens (tertiary/aromatic N) is 1. The molecule has 1 aliphatic rings. The Morgan fingerprint density at radius 2 is 2.00 bits per heavy atom. The minimum absolute atomic E-state index is 0.699. The molecule has 1 heterocycles. The second-order valence-electron chi connectivity index (χ2n) is 6.02. The molecular weight excluding hydrogens is 260 g/mol. The summed E-state index contributed by atoms with van der Waals surface area (Å²) in [5.74, 6) is 0.937. The molecule has 0 saturated carbocycles. The van der Waals surface area contributed by atoms with Crippen LogP contribution in [-0.2, 0) is 6.42 Å². The average molecular weight is 290 g/mol. The highest BCUT2D eigenvalue weighted by Crippen LogP contribution is 2.13. The normalized spacial score (nSPS) is 20.2. The van der Waals surface area contributed by atoms with Crippen molar-refractivity contribution in [2.75, 3.05) is 33.3 Å². The van der Waals surface area contributed by atoms with Crippen molar-refractivity contribution in [2.24, 2.45) is 0 Å².